The first-order chi connectivity index (χ1) is 17.9. The van der Waals surface area contributed by atoms with Crippen molar-refractivity contribution in [3.8, 4) is 5.69 Å². The molecule has 2 aromatic carbocycles. The second-order valence-corrected chi connectivity index (χ2v) is 11.1. The molecule has 4 aromatic rings. The highest BCUT2D eigenvalue weighted by atomic mass is 35.5. The molecule has 9 heteroatoms. The maximum Gasteiger partial charge on any atom is 0.251 e. The molecule has 3 heterocycles. The zero-order chi connectivity index (χ0) is 25.7. The third-order valence-corrected chi connectivity index (χ3v) is 8.10. The summed E-state index contributed by atoms with van der Waals surface area (Å²) in [6.45, 7) is 6.17. The van der Waals surface area contributed by atoms with E-state index in [1.54, 1.807) is 12.1 Å². The number of rotatable bonds is 5. The lowest BCUT2D eigenvalue weighted by Gasteiger charge is -2.22. The minimum Gasteiger partial charge on any atom is -0.342 e. The lowest BCUT2D eigenvalue weighted by molar-refractivity contribution is 0.0938. The van der Waals surface area contributed by atoms with Crippen LogP contribution >= 0.6 is 23.2 Å². The fourth-order valence-corrected chi connectivity index (χ4v) is 6.01. The van der Waals surface area contributed by atoms with Crippen molar-refractivity contribution in [1.29, 1.82) is 0 Å². The van der Waals surface area contributed by atoms with Crippen LogP contribution in [-0.2, 0) is 6.42 Å². The number of imidazole rings is 2. The first-order valence-electron chi connectivity index (χ1n) is 13.0. The first-order valence-corrected chi connectivity index (χ1v) is 13.8. The van der Waals surface area contributed by atoms with Gasteiger partial charge in [0.05, 0.1) is 33.5 Å². The van der Waals surface area contributed by atoms with E-state index < -0.39 is 0 Å². The number of hydrogen-bond acceptors (Lipinski definition) is 4. The summed E-state index contributed by atoms with van der Waals surface area (Å²) in [4.78, 5) is 28.5. The van der Waals surface area contributed by atoms with Crippen molar-refractivity contribution >= 4 is 46.1 Å². The predicted molar refractivity (Wildman–Crippen MR) is 148 cm³/mol. The van der Waals surface area contributed by atoms with Crippen LogP contribution in [0, 0.1) is 0 Å². The van der Waals surface area contributed by atoms with Crippen LogP contribution in [0.5, 0.6) is 0 Å². The van der Waals surface area contributed by atoms with Gasteiger partial charge in [-0.3, -0.25) is 9.36 Å². The van der Waals surface area contributed by atoms with Gasteiger partial charge in [-0.15, -0.1) is 0 Å². The van der Waals surface area contributed by atoms with Gasteiger partial charge in [0.25, 0.3) is 5.91 Å². The Balaban J connectivity index is 1.28. The van der Waals surface area contributed by atoms with Crippen molar-refractivity contribution in [2.75, 3.05) is 18.0 Å². The second kappa shape index (κ2) is 9.69. The summed E-state index contributed by atoms with van der Waals surface area (Å²) in [5, 5.41) is 4.20. The number of hydrogen-bond donors (Lipinski definition) is 2. The van der Waals surface area contributed by atoms with Gasteiger partial charge in [-0.05, 0) is 75.4 Å². The lowest BCUT2D eigenvalue weighted by atomic mass is 9.91. The molecule has 0 saturated carbocycles. The highest BCUT2D eigenvalue weighted by Gasteiger charge is 2.30. The van der Waals surface area contributed by atoms with Crippen molar-refractivity contribution in [2.45, 2.75) is 57.9 Å². The molecule has 7 nitrogen and oxygen atoms in total. The van der Waals surface area contributed by atoms with Gasteiger partial charge in [0, 0.05) is 35.3 Å². The Kier molecular flexibility index (Phi) is 6.37. The lowest BCUT2D eigenvalue weighted by Crippen LogP contribution is -2.27. The van der Waals surface area contributed by atoms with Crippen molar-refractivity contribution in [3.05, 3.63) is 69.2 Å². The van der Waals surface area contributed by atoms with Crippen LogP contribution in [0.15, 0.2) is 36.4 Å². The molecule has 1 amide bonds. The average molecular weight is 537 g/mol. The Hall–Kier alpha value is -3.03. The second-order valence-electron chi connectivity index (χ2n) is 10.2. The Bertz CT molecular complexity index is 1490. The number of H-pyrrole nitrogens is 1. The van der Waals surface area contributed by atoms with E-state index in [2.05, 4.69) is 31.7 Å². The molecule has 1 aliphatic carbocycles. The molecule has 37 heavy (non-hydrogen) atoms. The van der Waals surface area contributed by atoms with Crippen LogP contribution in [0.2, 0.25) is 10.0 Å². The Morgan fingerprint density at radius 1 is 1.11 bits per heavy atom. The highest BCUT2D eigenvalue weighted by Crippen LogP contribution is 2.38. The van der Waals surface area contributed by atoms with Crippen LogP contribution in [0.1, 0.15) is 79.1 Å². The first kappa shape index (κ1) is 24.3. The van der Waals surface area contributed by atoms with Gasteiger partial charge >= 0.3 is 0 Å². The average Bonchev–Trinajstić information content (AvgIpc) is 3.62. The number of nitrogens with zero attached hydrogens (tertiary/aromatic N) is 4. The van der Waals surface area contributed by atoms with Gasteiger partial charge in [0.1, 0.15) is 5.82 Å². The molecule has 2 N–H and O–H groups in total. The smallest absolute Gasteiger partial charge is 0.251 e. The van der Waals surface area contributed by atoms with E-state index in [0.717, 1.165) is 55.0 Å². The fourth-order valence-electron chi connectivity index (χ4n) is 5.57. The molecule has 6 rings (SSSR count). The van der Waals surface area contributed by atoms with Crippen LogP contribution in [-0.4, -0.2) is 38.5 Å². The number of carbonyl (C=O) groups excluding carboxylic acids is 1. The molecule has 0 radical (unpaired) electrons. The summed E-state index contributed by atoms with van der Waals surface area (Å²) < 4.78 is 2.24. The van der Waals surface area contributed by atoms with Gasteiger partial charge in [0.2, 0.25) is 5.95 Å². The molecule has 1 aliphatic heterocycles. The topological polar surface area (TPSA) is 78.8 Å². The SMILES string of the molecule is CC1CCCc2c1nc(N1CCCC1)n2-c1ccc(C(=O)N[C@@H](C)c2nc3ccc(Cl)cc3[nH]2)cc1Cl. The van der Waals surface area contributed by atoms with Gasteiger partial charge in [0.15, 0.2) is 0 Å². The summed E-state index contributed by atoms with van der Waals surface area (Å²) in [6.07, 6.45) is 5.64. The van der Waals surface area contributed by atoms with Gasteiger partial charge < -0.3 is 15.2 Å². The summed E-state index contributed by atoms with van der Waals surface area (Å²) in [5.41, 5.74) is 5.46. The van der Waals surface area contributed by atoms with Crippen molar-refractivity contribution < 1.29 is 4.79 Å². The molecule has 1 fully saturated rings. The van der Waals surface area contributed by atoms with Crippen molar-refractivity contribution in [2.24, 2.45) is 0 Å². The molecular formula is C28H30Cl2N6O. The zero-order valence-electron chi connectivity index (χ0n) is 21.0. The molecule has 2 aromatic heterocycles. The third kappa shape index (κ3) is 4.48. The predicted octanol–water partition coefficient (Wildman–Crippen LogP) is 6.59. The summed E-state index contributed by atoms with van der Waals surface area (Å²) in [5.74, 6) is 1.88. The monoisotopic (exact) mass is 536 g/mol. The highest BCUT2D eigenvalue weighted by molar-refractivity contribution is 6.33. The molecule has 0 spiro atoms. The molecule has 0 bridgehead atoms. The Morgan fingerprint density at radius 2 is 1.92 bits per heavy atom. The normalized spacial score (nSPS) is 18.3. The number of carbonyl (C=O) groups is 1. The van der Waals surface area contributed by atoms with Crippen LogP contribution < -0.4 is 10.2 Å². The molecular weight excluding hydrogens is 507 g/mol. The number of fused-ring (bicyclic) bond motifs is 2. The molecule has 2 aliphatic rings. The number of benzene rings is 2. The van der Waals surface area contributed by atoms with Crippen LogP contribution in [0.4, 0.5) is 5.95 Å². The third-order valence-electron chi connectivity index (χ3n) is 7.56. The van der Waals surface area contributed by atoms with E-state index in [-0.39, 0.29) is 11.9 Å². The summed E-state index contributed by atoms with van der Waals surface area (Å²) >= 11 is 13.0. The van der Waals surface area contributed by atoms with Gasteiger partial charge in [-0.2, -0.15) is 0 Å². The number of amides is 1. The Morgan fingerprint density at radius 3 is 2.70 bits per heavy atom. The standard InChI is InChI=1S/C28H30Cl2N6O/c1-16-6-5-7-24-25(16)34-28(35-12-3-4-13-35)36(24)23-11-8-18(14-20(23)30)27(37)31-17(2)26-32-21-10-9-19(29)15-22(21)33-26/h8-11,14-17H,3-7,12-13H2,1-2H3,(H,31,37)(H,32,33)/t16?,17-/m0/s1. The van der Waals surface area contributed by atoms with E-state index >= 15 is 0 Å². The van der Waals surface area contributed by atoms with Crippen LogP contribution in [0.25, 0.3) is 16.7 Å². The fraction of sp³-hybridized carbons (Fsp3) is 0.393. The van der Waals surface area contributed by atoms with E-state index in [1.165, 1.54) is 24.2 Å². The largest absolute Gasteiger partial charge is 0.342 e. The number of aromatic nitrogens is 4. The molecule has 2 atom stereocenters. The molecule has 1 unspecified atom stereocenters. The number of nitrogens with one attached hydrogen (secondary N) is 2. The zero-order valence-corrected chi connectivity index (χ0v) is 22.5. The van der Waals surface area contributed by atoms with Crippen LogP contribution in [0.3, 0.4) is 0 Å². The van der Waals surface area contributed by atoms with Crippen molar-refractivity contribution in [1.82, 2.24) is 24.8 Å². The molecule has 1 saturated heterocycles. The minimum absolute atomic E-state index is 0.208. The minimum atomic E-state index is -0.318. The summed E-state index contributed by atoms with van der Waals surface area (Å²) in [7, 11) is 0. The number of halogens is 2. The maximum atomic E-state index is 13.1. The van der Waals surface area contributed by atoms with Gasteiger partial charge in [-0.25, -0.2) is 9.97 Å². The quantitative estimate of drug-likeness (QED) is 0.301. The van der Waals surface area contributed by atoms with Crippen molar-refractivity contribution in [3.63, 3.8) is 0 Å². The van der Waals surface area contributed by atoms with E-state index in [1.807, 2.05) is 31.2 Å². The maximum absolute atomic E-state index is 13.1. The van der Waals surface area contributed by atoms with Gasteiger partial charge in [-0.1, -0.05) is 30.1 Å². The Labute approximate surface area is 226 Å². The molecule has 192 valence electrons. The number of anilines is 1. The van der Waals surface area contributed by atoms with E-state index in [0.29, 0.717) is 27.4 Å². The number of aromatic amines is 1. The summed E-state index contributed by atoms with van der Waals surface area (Å²) in [6, 6.07) is 10.7. The van der Waals surface area contributed by atoms with E-state index in [4.69, 9.17) is 28.2 Å². The van der Waals surface area contributed by atoms with E-state index in [9.17, 15) is 4.79 Å².